The molecule has 3 heteroatoms. The number of hydrogen-bond donors (Lipinski definition) is 1. The number of rotatable bonds is 8. The highest BCUT2D eigenvalue weighted by molar-refractivity contribution is 5.43. The summed E-state index contributed by atoms with van der Waals surface area (Å²) in [6, 6.07) is 8.43. The van der Waals surface area contributed by atoms with Gasteiger partial charge in [-0.1, -0.05) is 12.1 Å². The van der Waals surface area contributed by atoms with Crippen molar-refractivity contribution in [3.8, 4) is 0 Å². The number of hydrogen-bond acceptors (Lipinski definition) is 3. The predicted octanol–water partition coefficient (Wildman–Crippen LogP) is 2.66. The maximum Gasteiger partial charge on any atom is 0.0593 e. The fraction of sp³-hybridized carbons (Fsp3) is 0.647. The van der Waals surface area contributed by atoms with Gasteiger partial charge < -0.3 is 15.4 Å². The standard InChI is InChI=1S/C17H26N2O/c1-19(10-11-20-12-14-2-3-14)13-17(8-9-17)15-4-6-16(18)7-5-15/h4-7,14H,2-3,8-13,18H2,1H3. The van der Waals surface area contributed by atoms with Crippen LogP contribution in [0.5, 0.6) is 0 Å². The Hall–Kier alpha value is -1.06. The summed E-state index contributed by atoms with van der Waals surface area (Å²) in [4.78, 5) is 2.41. The molecule has 0 spiro atoms. The summed E-state index contributed by atoms with van der Waals surface area (Å²) in [5, 5.41) is 0. The largest absolute Gasteiger partial charge is 0.399 e. The number of anilines is 1. The molecule has 0 aromatic heterocycles. The van der Waals surface area contributed by atoms with Crippen LogP contribution >= 0.6 is 0 Å². The summed E-state index contributed by atoms with van der Waals surface area (Å²) in [5.74, 6) is 0.866. The van der Waals surface area contributed by atoms with Gasteiger partial charge in [0, 0.05) is 30.8 Å². The van der Waals surface area contributed by atoms with Crippen LogP contribution in [-0.4, -0.2) is 38.3 Å². The molecule has 3 nitrogen and oxygen atoms in total. The zero-order valence-corrected chi connectivity index (χ0v) is 12.5. The highest BCUT2D eigenvalue weighted by atomic mass is 16.5. The first-order valence-electron chi connectivity index (χ1n) is 7.80. The molecule has 0 saturated heterocycles. The van der Waals surface area contributed by atoms with Crippen molar-refractivity contribution < 1.29 is 4.74 Å². The van der Waals surface area contributed by atoms with E-state index in [2.05, 4.69) is 24.1 Å². The van der Waals surface area contributed by atoms with Crippen molar-refractivity contribution in [1.29, 1.82) is 0 Å². The molecule has 0 radical (unpaired) electrons. The second-order valence-electron chi connectivity index (χ2n) is 6.66. The molecule has 0 amide bonds. The van der Waals surface area contributed by atoms with E-state index in [1.807, 2.05) is 12.1 Å². The lowest BCUT2D eigenvalue weighted by molar-refractivity contribution is 0.101. The van der Waals surface area contributed by atoms with Crippen LogP contribution in [0.1, 0.15) is 31.2 Å². The third-order valence-electron chi connectivity index (χ3n) is 4.62. The first-order valence-corrected chi connectivity index (χ1v) is 7.80. The second-order valence-corrected chi connectivity index (χ2v) is 6.66. The molecule has 2 aliphatic carbocycles. The van der Waals surface area contributed by atoms with Gasteiger partial charge in [-0.05, 0) is 56.3 Å². The number of nitrogens with two attached hydrogens (primary N) is 1. The molecular weight excluding hydrogens is 248 g/mol. The molecule has 1 aromatic rings. The summed E-state index contributed by atoms with van der Waals surface area (Å²) >= 11 is 0. The van der Waals surface area contributed by atoms with Gasteiger partial charge in [0.1, 0.15) is 0 Å². The Labute approximate surface area is 122 Å². The molecule has 3 rings (SSSR count). The monoisotopic (exact) mass is 274 g/mol. The second kappa shape index (κ2) is 5.74. The lowest BCUT2D eigenvalue weighted by Crippen LogP contribution is -2.32. The summed E-state index contributed by atoms with van der Waals surface area (Å²) in [6.07, 6.45) is 5.33. The van der Waals surface area contributed by atoms with Gasteiger partial charge in [-0.15, -0.1) is 0 Å². The van der Waals surface area contributed by atoms with E-state index in [1.54, 1.807) is 0 Å². The molecule has 110 valence electrons. The van der Waals surface area contributed by atoms with Crippen LogP contribution in [0, 0.1) is 5.92 Å². The minimum absolute atomic E-state index is 0.374. The summed E-state index contributed by atoms with van der Waals surface area (Å²) < 4.78 is 5.73. The molecule has 0 aliphatic heterocycles. The van der Waals surface area contributed by atoms with Crippen molar-refractivity contribution in [2.45, 2.75) is 31.1 Å². The van der Waals surface area contributed by atoms with E-state index in [4.69, 9.17) is 10.5 Å². The molecule has 2 fully saturated rings. The van der Waals surface area contributed by atoms with Crippen LogP contribution in [0.2, 0.25) is 0 Å². The van der Waals surface area contributed by atoms with Crippen LogP contribution in [0.25, 0.3) is 0 Å². The first kappa shape index (κ1) is 13.9. The Morgan fingerprint density at radius 1 is 1.25 bits per heavy atom. The zero-order chi connectivity index (χ0) is 14.0. The van der Waals surface area contributed by atoms with Crippen molar-refractivity contribution in [3.05, 3.63) is 29.8 Å². The highest BCUT2D eigenvalue weighted by Gasteiger charge is 2.44. The van der Waals surface area contributed by atoms with Crippen molar-refractivity contribution in [2.75, 3.05) is 39.1 Å². The SMILES string of the molecule is CN(CCOCC1CC1)CC1(c2ccc(N)cc2)CC1. The van der Waals surface area contributed by atoms with E-state index in [0.29, 0.717) is 5.41 Å². The van der Waals surface area contributed by atoms with E-state index in [1.165, 1.54) is 31.2 Å². The van der Waals surface area contributed by atoms with E-state index >= 15 is 0 Å². The van der Waals surface area contributed by atoms with Crippen LogP contribution in [0.15, 0.2) is 24.3 Å². The number of ether oxygens (including phenoxy) is 1. The van der Waals surface area contributed by atoms with Gasteiger partial charge >= 0.3 is 0 Å². The van der Waals surface area contributed by atoms with Gasteiger partial charge in [0.25, 0.3) is 0 Å². The molecule has 2 saturated carbocycles. The molecule has 0 atom stereocenters. The topological polar surface area (TPSA) is 38.5 Å². The van der Waals surface area contributed by atoms with Gasteiger partial charge in [-0.3, -0.25) is 0 Å². The third kappa shape index (κ3) is 3.53. The maximum atomic E-state index is 5.78. The Morgan fingerprint density at radius 2 is 1.95 bits per heavy atom. The molecule has 1 aromatic carbocycles. The molecule has 0 heterocycles. The van der Waals surface area contributed by atoms with Gasteiger partial charge in [0.05, 0.1) is 6.61 Å². The van der Waals surface area contributed by atoms with Crippen LogP contribution in [0.4, 0.5) is 5.69 Å². The van der Waals surface area contributed by atoms with Crippen LogP contribution < -0.4 is 5.73 Å². The molecule has 2 aliphatic rings. The Morgan fingerprint density at radius 3 is 2.55 bits per heavy atom. The fourth-order valence-corrected chi connectivity index (χ4v) is 2.88. The third-order valence-corrected chi connectivity index (χ3v) is 4.62. The maximum absolute atomic E-state index is 5.78. The average Bonchev–Trinajstić information content (AvgIpc) is 3.31. The molecule has 0 bridgehead atoms. The van der Waals surface area contributed by atoms with Gasteiger partial charge in [-0.2, -0.15) is 0 Å². The molecule has 2 N–H and O–H groups in total. The summed E-state index contributed by atoms with van der Waals surface area (Å²) in [7, 11) is 2.21. The minimum Gasteiger partial charge on any atom is -0.399 e. The van der Waals surface area contributed by atoms with Crippen molar-refractivity contribution in [1.82, 2.24) is 4.90 Å². The predicted molar refractivity (Wildman–Crippen MR) is 82.8 cm³/mol. The van der Waals surface area contributed by atoms with E-state index in [9.17, 15) is 0 Å². The van der Waals surface area contributed by atoms with E-state index in [-0.39, 0.29) is 0 Å². The zero-order valence-electron chi connectivity index (χ0n) is 12.5. The summed E-state index contributed by atoms with van der Waals surface area (Å²) in [5.41, 5.74) is 8.44. The lowest BCUT2D eigenvalue weighted by Gasteiger charge is -2.24. The minimum atomic E-state index is 0.374. The fourth-order valence-electron chi connectivity index (χ4n) is 2.88. The van der Waals surface area contributed by atoms with E-state index in [0.717, 1.165) is 37.9 Å². The van der Waals surface area contributed by atoms with Crippen molar-refractivity contribution in [3.63, 3.8) is 0 Å². The van der Waals surface area contributed by atoms with Crippen LogP contribution in [-0.2, 0) is 10.2 Å². The van der Waals surface area contributed by atoms with Gasteiger partial charge in [0.2, 0.25) is 0 Å². The highest BCUT2D eigenvalue weighted by Crippen LogP contribution is 2.48. The van der Waals surface area contributed by atoms with Gasteiger partial charge in [-0.25, -0.2) is 0 Å². The van der Waals surface area contributed by atoms with Crippen molar-refractivity contribution >= 4 is 5.69 Å². The summed E-state index contributed by atoms with van der Waals surface area (Å²) in [6.45, 7) is 3.99. The Balaban J connectivity index is 1.44. The molecule has 0 unspecified atom stereocenters. The quantitative estimate of drug-likeness (QED) is 0.585. The number of likely N-dealkylation sites (N-methyl/N-ethyl adjacent to an activating group) is 1. The number of nitrogen functional groups attached to an aromatic ring is 1. The van der Waals surface area contributed by atoms with Crippen LogP contribution in [0.3, 0.4) is 0 Å². The van der Waals surface area contributed by atoms with Crippen molar-refractivity contribution in [2.24, 2.45) is 5.92 Å². The first-order chi connectivity index (χ1) is 9.68. The Kier molecular flexibility index (Phi) is 3.99. The Bertz CT molecular complexity index is 435. The number of nitrogens with zero attached hydrogens (tertiary/aromatic N) is 1. The average molecular weight is 274 g/mol. The lowest BCUT2D eigenvalue weighted by atomic mass is 9.95. The molecular formula is C17H26N2O. The number of benzene rings is 1. The van der Waals surface area contributed by atoms with E-state index < -0.39 is 0 Å². The molecule has 20 heavy (non-hydrogen) atoms. The normalized spacial score (nSPS) is 20.3. The van der Waals surface area contributed by atoms with Gasteiger partial charge in [0.15, 0.2) is 0 Å². The smallest absolute Gasteiger partial charge is 0.0593 e.